The molecule has 1 aromatic heterocycles. The fraction of sp³-hybridized carbons (Fsp3) is 0.375. The van der Waals surface area contributed by atoms with Crippen molar-refractivity contribution in [2.24, 2.45) is 0 Å². The quantitative estimate of drug-likeness (QED) is 0.453. The number of nitrogens with zero attached hydrogens (tertiary/aromatic N) is 3. The van der Waals surface area contributed by atoms with Crippen LogP contribution in [0.25, 0.3) is 0 Å². The van der Waals surface area contributed by atoms with Crippen LogP contribution in [0.3, 0.4) is 0 Å². The first-order valence-corrected chi connectivity index (χ1v) is 10.5. The number of likely N-dealkylation sites (N-methyl/N-ethyl adjacent to an activating group) is 1. The topological polar surface area (TPSA) is 69.0 Å². The van der Waals surface area contributed by atoms with Gasteiger partial charge in [-0.25, -0.2) is 0 Å². The molecule has 0 aliphatic heterocycles. The van der Waals surface area contributed by atoms with Crippen molar-refractivity contribution in [2.75, 3.05) is 33.4 Å². The van der Waals surface area contributed by atoms with E-state index in [1.54, 1.807) is 6.20 Å². The molecule has 31 heavy (non-hydrogen) atoms. The summed E-state index contributed by atoms with van der Waals surface area (Å²) >= 11 is 0. The molecule has 0 aliphatic rings. The molecule has 0 saturated heterocycles. The van der Waals surface area contributed by atoms with Gasteiger partial charge in [0, 0.05) is 25.5 Å². The van der Waals surface area contributed by atoms with Crippen LogP contribution in [0, 0.1) is 0 Å². The van der Waals surface area contributed by atoms with Crippen molar-refractivity contribution < 1.29 is 19.3 Å². The molecule has 1 N–H and O–H groups in total. The van der Waals surface area contributed by atoms with Crippen LogP contribution in [0.1, 0.15) is 12.5 Å². The van der Waals surface area contributed by atoms with Crippen molar-refractivity contribution in [1.82, 2.24) is 14.7 Å². The Morgan fingerprint density at radius 3 is 2.42 bits per heavy atom. The van der Waals surface area contributed by atoms with E-state index in [4.69, 9.17) is 14.2 Å². The maximum Gasteiger partial charge on any atom is 0.161 e. The Kier molecular flexibility index (Phi) is 8.75. The number of para-hydroxylation sites is 2. The molecule has 3 rings (SSSR count). The normalized spacial score (nSPS) is 12.0. The monoisotopic (exact) mass is 425 g/mol. The summed E-state index contributed by atoms with van der Waals surface area (Å²) in [6, 6.07) is 17.4. The van der Waals surface area contributed by atoms with Gasteiger partial charge in [0.1, 0.15) is 25.1 Å². The van der Waals surface area contributed by atoms with E-state index < -0.39 is 6.10 Å². The molecule has 2 aromatic carbocycles. The van der Waals surface area contributed by atoms with Crippen molar-refractivity contribution in [3.8, 4) is 17.2 Å². The minimum atomic E-state index is -0.607. The third-order valence-corrected chi connectivity index (χ3v) is 4.63. The predicted octanol–water partition coefficient (Wildman–Crippen LogP) is 3.23. The number of hydrogen-bond acceptors (Lipinski definition) is 6. The number of aromatic nitrogens is 2. The van der Waals surface area contributed by atoms with E-state index in [1.807, 2.05) is 79.4 Å². The van der Waals surface area contributed by atoms with Crippen LogP contribution in [-0.2, 0) is 13.1 Å². The van der Waals surface area contributed by atoms with E-state index in [-0.39, 0.29) is 6.61 Å². The number of rotatable bonds is 13. The molecule has 3 aromatic rings. The summed E-state index contributed by atoms with van der Waals surface area (Å²) in [5.74, 6) is 2.17. The van der Waals surface area contributed by atoms with E-state index >= 15 is 0 Å². The zero-order valence-corrected chi connectivity index (χ0v) is 18.2. The van der Waals surface area contributed by atoms with Gasteiger partial charge in [0.05, 0.1) is 13.2 Å². The lowest BCUT2D eigenvalue weighted by atomic mass is 10.2. The van der Waals surface area contributed by atoms with Crippen LogP contribution in [0.5, 0.6) is 17.2 Å². The van der Waals surface area contributed by atoms with E-state index in [0.717, 1.165) is 17.9 Å². The minimum absolute atomic E-state index is 0.206. The second-order valence-corrected chi connectivity index (χ2v) is 7.30. The van der Waals surface area contributed by atoms with E-state index in [0.29, 0.717) is 37.8 Å². The van der Waals surface area contributed by atoms with Gasteiger partial charge in [-0.15, -0.1) is 0 Å². The molecular weight excluding hydrogens is 394 g/mol. The highest BCUT2D eigenvalue weighted by Crippen LogP contribution is 2.26. The van der Waals surface area contributed by atoms with Crippen molar-refractivity contribution in [3.05, 3.63) is 72.6 Å². The molecule has 1 atom stereocenters. The lowest BCUT2D eigenvalue weighted by Gasteiger charge is -2.21. The minimum Gasteiger partial charge on any atom is -0.492 e. The Morgan fingerprint density at radius 2 is 1.74 bits per heavy atom. The summed E-state index contributed by atoms with van der Waals surface area (Å²) in [6.45, 7) is 5.21. The Labute approximate surface area is 183 Å². The summed E-state index contributed by atoms with van der Waals surface area (Å²) in [7, 11) is 1.98. The number of aliphatic hydroxyl groups excluding tert-OH is 1. The van der Waals surface area contributed by atoms with Gasteiger partial charge in [0.15, 0.2) is 11.5 Å². The second-order valence-electron chi connectivity index (χ2n) is 7.30. The molecule has 7 heteroatoms. The van der Waals surface area contributed by atoms with Gasteiger partial charge in [-0.2, -0.15) is 5.10 Å². The molecule has 166 valence electrons. The predicted molar refractivity (Wildman–Crippen MR) is 120 cm³/mol. The van der Waals surface area contributed by atoms with Gasteiger partial charge in [-0.05, 0) is 49.9 Å². The van der Waals surface area contributed by atoms with Crippen LogP contribution in [0.2, 0.25) is 0 Å². The zero-order chi connectivity index (χ0) is 21.9. The smallest absolute Gasteiger partial charge is 0.161 e. The van der Waals surface area contributed by atoms with Crippen LogP contribution >= 0.6 is 0 Å². The fourth-order valence-electron chi connectivity index (χ4n) is 3.20. The van der Waals surface area contributed by atoms with Crippen LogP contribution in [0.15, 0.2) is 67.0 Å². The molecule has 1 heterocycles. The van der Waals surface area contributed by atoms with Crippen molar-refractivity contribution in [3.63, 3.8) is 0 Å². The van der Waals surface area contributed by atoms with Gasteiger partial charge >= 0.3 is 0 Å². The summed E-state index contributed by atoms with van der Waals surface area (Å²) in [4.78, 5) is 2.07. The average Bonchev–Trinajstić information content (AvgIpc) is 3.28. The van der Waals surface area contributed by atoms with E-state index in [1.165, 1.54) is 0 Å². The van der Waals surface area contributed by atoms with Crippen LogP contribution < -0.4 is 14.2 Å². The highest BCUT2D eigenvalue weighted by molar-refractivity contribution is 5.39. The van der Waals surface area contributed by atoms with Crippen molar-refractivity contribution >= 4 is 0 Å². The van der Waals surface area contributed by atoms with Crippen LogP contribution in [0.4, 0.5) is 0 Å². The van der Waals surface area contributed by atoms with Gasteiger partial charge in [-0.1, -0.05) is 24.3 Å². The third kappa shape index (κ3) is 7.62. The molecule has 0 amide bonds. The first-order valence-electron chi connectivity index (χ1n) is 10.5. The average molecular weight is 426 g/mol. The highest BCUT2D eigenvalue weighted by atomic mass is 16.5. The number of ether oxygens (including phenoxy) is 3. The highest BCUT2D eigenvalue weighted by Gasteiger charge is 2.12. The molecular formula is C24H31N3O4. The van der Waals surface area contributed by atoms with Crippen LogP contribution in [-0.4, -0.2) is 59.3 Å². The lowest BCUT2D eigenvalue weighted by molar-refractivity contribution is 0.0730. The molecule has 7 nitrogen and oxygen atoms in total. The van der Waals surface area contributed by atoms with Gasteiger partial charge in [-0.3, -0.25) is 9.58 Å². The van der Waals surface area contributed by atoms with E-state index in [2.05, 4.69) is 10.00 Å². The third-order valence-electron chi connectivity index (χ3n) is 4.63. The molecule has 0 unspecified atom stereocenters. The molecule has 0 radical (unpaired) electrons. The lowest BCUT2D eigenvalue weighted by Crippen LogP contribution is -2.32. The first-order chi connectivity index (χ1) is 15.1. The summed E-state index contributed by atoms with van der Waals surface area (Å²) < 4.78 is 18.9. The molecule has 0 saturated carbocycles. The van der Waals surface area contributed by atoms with E-state index in [9.17, 15) is 5.11 Å². The zero-order valence-electron chi connectivity index (χ0n) is 18.2. The largest absolute Gasteiger partial charge is 0.492 e. The molecule has 0 spiro atoms. The Hall–Kier alpha value is -3.03. The first kappa shape index (κ1) is 22.7. The Morgan fingerprint density at radius 1 is 1.00 bits per heavy atom. The Balaban J connectivity index is 1.39. The SMILES string of the molecule is CCOc1ccccc1OC[C@@H](O)CN(C)Cc1ccc(OCCn2cccn2)cc1. The molecule has 0 aliphatic carbocycles. The summed E-state index contributed by atoms with van der Waals surface area (Å²) in [5, 5.41) is 14.5. The van der Waals surface area contributed by atoms with Crippen molar-refractivity contribution in [2.45, 2.75) is 26.1 Å². The maximum atomic E-state index is 10.4. The standard InChI is InChI=1S/C24H31N3O4/c1-3-29-23-7-4-5-8-24(23)31-19-21(28)18-26(2)17-20-9-11-22(12-10-20)30-16-15-27-14-6-13-25-27/h4-14,21,28H,3,15-19H2,1-2H3/t21-/m0/s1. The number of hydrogen-bond donors (Lipinski definition) is 1. The van der Waals surface area contributed by atoms with Gasteiger partial charge in [0.2, 0.25) is 0 Å². The molecule has 0 bridgehead atoms. The fourth-order valence-corrected chi connectivity index (χ4v) is 3.20. The number of aliphatic hydroxyl groups is 1. The second kappa shape index (κ2) is 12.0. The molecule has 0 fully saturated rings. The number of benzene rings is 2. The Bertz CT molecular complexity index is 884. The summed E-state index contributed by atoms with van der Waals surface area (Å²) in [5.41, 5.74) is 1.15. The van der Waals surface area contributed by atoms with Crippen molar-refractivity contribution in [1.29, 1.82) is 0 Å². The summed E-state index contributed by atoms with van der Waals surface area (Å²) in [6.07, 6.45) is 3.07. The maximum absolute atomic E-state index is 10.4. The van der Waals surface area contributed by atoms with Gasteiger partial charge < -0.3 is 19.3 Å². The van der Waals surface area contributed by atoms with Gasteiger partial charge in [0.25, 0.3) is 0 Å².